The lowest BCUT2D eigenvalue weighted by molar-refractivity contribution is 0.436. The smallest absolute Gasteiger partial charge is 0.241 e. The van der Waals surface area contributed by atoms with E-state index in [1.54, 1.807) is 30.6 Å². The minimum absolute atomic E-state index is 0.248. The van der Waals surface area contributed by atoms with Gasteiger partial charge in [0.2, 0.25) is 10.0 Å². The Morgan fingerprint density at radius 2 is 2.12 bits per heavy atom. The fraction of sp³-hybridized carbons (Fsp3) is 0.375. The zero-order valence-corrected chi connectivity index (χ0v) is 14.8. The lowest BCUT2D eigenvalue weighted by atomic mass is 10.2. The van der Waals surface area contributed by atoms with E-state index >= 15 is 0 Å². The third kappa shape index (κ3) is 4.21. The molecule has 24 heavy (non-hydrogen) atoms. The molecular weight excluding hydrogens is 326 g/mol. The predicted octanol–water partition coefficient (Wildman–Crippen LogP) is 1.17. The largest absolute Gasteiger partial charge is 0.370 e. The molecule has 0 amide bonds. The van der Waals surface area contributed by atoms with Gasteiger partial charge < -0.3 is 10.6 Å². The van der Waals surface area contributed by atoms with E-state index in [-0.39, 0.29) is 11.4 Å². The highest BCUT2D eigenvalue weighted by atomic mass is 32.2. The Hall–Kier alpha value is -2.19. The molecule has 0 radical (unpaired) electrons. The second-order valence-corrected chi connectivity index (χ2v) is 6.90. The van der Waals surface area contributed by atoms with Crippen molar-refractivity contribution in [2.24, 2.45) is 10.7 Å². The third-order valence-corrected chi connectivity index (χ3v) is 5.15. The Balaban J connectivity index is 2.12. The van der Waals surface area contributed by atoms with Crippen LogP contribution in [0, 0.1) is 0 Å². The van der Waals surface area contributed by atoms with Gasteiger partial charge >= 0.3 is 0 Å². The van der Waals surface area contributed by atoms with Gasteiger partial charge in [-0.25, -0.2) is 13.1 Å². The second kappa shape index (κ2) is 8.07. The summed E-state index contributed by atoms with van der Waals surface area (Å²) in [5, 5.41) is 1.44. The van der Waals surface area contributed by atoms with Crippen LogP contribution in [0.1, 0.15) is 13.8 Å². The molecule has 0 aliphatic rings. The Morgan fingerprint density at radius 3 is 2.83 bits per heavy atom. The van der Waals surface area contributed by atoms with E-state index in [9.17, 15) is 8.42 Å². The molecule has 0 saturated carbocycles. The average molecular weight is 349 g/mol. The third-order valence-electron chi connectivity index (χ3n) is 3.63. The van der Waals surface area contributed by atoms with Crippen molar-refractivity contribution in [3.63, 3.8) is 0 Å². The molecule has 0 aliphatic heterocycles. The van der Waals surface area contributed by atoms with Gasteiger partial charge in [-0.15, -0.1) is 0 Å². The number of likely N-dealkylation sites (N-methyl/N-ethyl adjacent to an activating group) is 1. The quantitative estimate of drug-likeness (QED) is 0.577. The normalized spacial score (nSPS) is 12.5. The number of hydrogen-bond donors (Lipinski definition) is 2. The molecule has 7 nitrogen and oxygen atoms in total. The number of aliphatic imine (C=N–C) groups is 1. The van der Waals surface area contributed by atoms with Crippen LogP contribution in [-0.4, -0.2) is 50.4 Å². The van der Waals surface area contributed by atoms with E-state index < -0.39 is 10.0 Å². The molecule has 0 saturated heterocycles. The Labute approximate surface area is 142 Å². The van der Waals surface area contributed by atoms with Crippen LogP contribution in [0.5, 0.6) is 0 Å². The van der Waals surface area contributed by atoms with Gasteiger partial charge in [0.05, 0.1) is 4.90 Å². The molecule has 2 rings (SSSR count). The molecule has 0 aliphatic carbocycles. The summed E-state index contributed by atoms with van der Waals surface area (Å²) < 4.78 is 27.8. The van der Waals surface area contributed by atoms with Crippen LogP contribution in [-0.2, 0) is 10.0 Å². The van der Waals surface area contributed by atoms with Crippen molar-refractivity contribution >= 4 is 26.8 Å². The molecule has 1 aromatic carbocycles. The van der Waals surface area contributed by atoms with Gasteiger partial charge in [-0.05, 0) is 26.0 Å². The lowest BCUT2D eigenvalue weighted by Crippen LogP contribution is -2.42. The van der Waals surface area contributed by atoms with Crippen LogP contribution in [0.3, 0.4) is 0 Å². The number of pyridine rings is 1. The van der Waals surface area contributed by atoms with Gasteiger partial charge in [-0.1, -0.05) is 12.1 Å². The first-order valence-electron chi connectivity index (χ1n) is 7.87. The highest BCUT2D eigenvalue weighted by molar-refractivity contribution is 7.89. The fourth-order valence-electron chi connectivity index (χ4n) is 2.42. The monoisotopic (exact) mass is 349 g/mol. The van der Waals surface area contributed by atoms with Crippen molar-refractivity contribution in [3.8, 4) is 0 Å². The highest BCUT2D eigenvalue weighted by Crippen LogP contribution is 2.21. The average Bonchev–Trinajstić information content (AvgIpc) is 2.58. The van der Waals surface area contributed by atoms with Crippen LogP contribution >= 0.6 is 0 Å². The summed E-state index contributed by atoms with van der Waals surface area (Å²) in [4.78, 5) is 10.2. The number of nitrogens with zero attached hydrogens (tertiary/aromatic N) is 3. The number of nitrogens with one attached hydrogen (secondary N) is 1. The van der Waals surface area contributed by atoms with Crippen molar-refractivity contribution in [2.75, 3.05) is 26.2 Å². The molecular formula is C16H23N5O2S. The number of rotatable bonds is 7. The summed E-state index contributed by atoms with van der Waals surface area (Å²) in [6.45, 7) is 5.81. The molecule has 2 aromatic rings. The zero-order chi connectivity index (χ0) is 17.6. The summed E-state index contributed by atoms with van der Waals surface area (Å²) in [6.07, 6.45) is 3.23. The Morgan fingerprint density at radius 1 is 1.33 bits per heavy atom. The molecule has 1 heterocycles. The van der Waals surface area contributed by atoms with E-state index in [0.29, 0.717) is 31.0 Å². The van der Waals surface area contributed by atoms with E-state index in [2.05, 4.69) is 14.7 Å². The predicted molar refractivity (Wildman–Crippen MR) is 96.3 cm³/mol. The molecule has 0 spiro atoms. The van der Waals surface area contributed by atoms with Crippen LogP contribution in [0.4, 0.5) is 0 Å². The summed E-state index contributed by atoms with van der Waals surface area (Å²) in [5.74, 6) is 0.426. The van der Waals surface area contributed by atoms with Crippen molar-refractivity contribution in [2.45, 2.75) is 18.7 Å². The number of guanidine groups is 1. The first-order valence-corrected chi connectivity index (χ1v) is 9.35. The van der Waals surface area contributed by atoms with Crippen LogP contribution in [0.25, 0.3) is 10.8 Å². The molecule has 130 valence electrons. The van der Waals surface area contributed by atoms with Crippen LogP contribution in [0.15, 0.2) is 46.5 Å². The standard InChI is InChI=1S/C16H23N5O2S/c1-3-19-16(17)21(4-2)11-10-20-24(22,23)15-7-5-6-13-12-18-9-8-14(13)15/h5-9,12,20H,3-4,10-11H2,1-2H3,(H2,17,19). The minimum Gasteiger partial charge on any atom is -0.370 e. The number of aromatic nitrogens is 1. The maximum atomic E-state index is 12.6. The minimum atomic E-state index is -3.61. The van der Waals surface area contributed by atoms with Crippen molar-refractivity contribution in [1.29, 1.82) is 0 Å². The molecule has 0 atom stereocenters. The van der Waals surface area contributed by atoms with E-state index in [4.69, 9.17) is 5.73 Å². The maximum Gasteiger partial charge on any atom is 0.241 e. The number of nitrogens with two attached hydrogens (primary N) is 1. The van der Waals surface area contributed by atoms with Crippen LogP contribution in [0.2, 0.25) is 0 Å². The van der Waals surface area contributed by atoms with Crippen molar-refractivity contribution in [3.05, 3.63) is 36.7 Å². The molecule has 3 N–H and O–H groups in total. The van der Waals surface area contributed by atoms with Gasteiger partial charge in [0, 0.05) is 49.3 Å². The van der Waals surface area contributed by atoms with Gasteiger partial charge in [0.25, 0.3) is 0 Å². The van der Waals surface area contributed by atoms with Crippen molar-refractivity contribution in [1.82, 2.24) is 14.6 Å². The Bertz CT molecular complexity index is 815. The summed E-state index contributed by atoms with van der Waals surface area (Å²) in [5.41, 5.74) is 5.87. The molecule has 0 unspecified atom stereocenters. The first-order chi connectivity index (χ1) is 11.5. The summed E-state index contributed by atoms with van der Waals surface area (Å²) >= 11 is 0. The number of hydrogen-bond acceptors (Lipinski definition) is 4. The Kier molecular flexibility index (Phi) is 6.10. The maximum absolute atomic E-state index is 12.6. The van der Waals surface area contributed by atoms with Crippen molar-refractivity contribution < 1.29 is 8.42 Å². The molecule has 0 bridgehead atoms. The van der Waals surface area contributed by atoms with E-state index in [0.717, 1.165) is 5.39 Å². The zero-order valence-electron chi connectivity index (χ0n) is 13.9. The van der Waals surface area contributed by atoms with Gasteiger partial charge in [0.15, 0.2) is 5.96 Å². The van der Waals surface area contributed by atoms with E-state index in [1.165, 1.54) is 0 Å². The summed E-state index contributed by atoms with van der Waals surface area (Å²) in [7, 11) is -3.61. The summed E-state index contributed by atoms with van der Waals surface area (Å²) in [6, 6.07) is 6.84. The lowest BCUT2D eigenvalue weighted by Gasteiger charge is -2.22. The first kappa shape index (κ1) is 18.2. The van der Waals surface area contributed by atoms with Gasteiger partial charge in [-0.2, -0.15) is 0 Å². The van der Waals surface area contributed by atoms with Gasteiger partial charge in [0.1, 0.15) is 0 Å². The van der Waals surface area contributed by atoms with Gasteiger partial charge in [-0.3, -0.25) is 9.98 Å². The second-order valence-electron chi connectivity index (χ2n) is 5.16. The van der Waals surface area contributed by atoms with E-state index in [1.807, 2.05) is 24.8 Å². The molecule has 0 fully saturated rings. The topological polar surface area (TPSA) is 101 Å². The molecule has 8 heteroatoms. The SMILES string of the molecule is CCN=C(N)N(CC)CCNS(=O)(=O)c1cccc2cnccc12. The fourth-order valence-corrected chi connectivity index (χ4v) is 3.67. The molecule has 1 aromatic heterocycles. The highest BCUT2D eigenvalue weighted by Gasteiger charge is 2.17. The van der Waals surface area contributed by atoms with Crippen LogP contribution < -0.4 is 10.5 Å². The number of fused-ring (bicyclic) bond motifs is 1. The number of benzene rings is 1. The number of sulfonamides is 1.